The lowest BCUT2D eigenvalue weighted by Crippen LogP contribution is -2.13. The largest absolute Gasteiger partial charge is 0.353 e. The van der Waals surface area contributed by atoms with Gasteiger partial charge in [-0.1, -0.05) is 38.1 Å². The van der Waals surface area contributed by atoms with E-state index in [-0.39, 0.29) is 5.91 Å². The fourth-order valence-corrected chi connectivity index (χ4v) is 3.85. The van der Waals surface area contributed by atoms with Crippen LogP contribution in [0.25, 0.3) is 44.3 Å². The van der Waals surface area contributed by atoms with Crippen molar-refractivity contribution in [1.82, 2.24) is 20.2 Å². The number of aromatic amines is 2. The molecule has 3 N–H and O–H groups in total. The van der Waals surface area contributed by atoms with Crippen LogP contribution >= 0.6 is 0 Å². The third kappa shape index (κ3) is 3.80. The third-order valence-electron chi connectivity index (χ3n) is 5.30. The van der Waals surface area contributed by atoms with Gasteiger partial charge in [0.2, 0.25) is 5.91 Å². The van der Waals surface area contributed by atoms with Crippen LogP contribution in [-0.2, 0) is 4.79 Å². The lowest BCUT2D eigenvalue weighted by atomic mass is 10.0. The number of para-hydroxylation sites is 1. The van der Waals surface area contributed by atoms with Crippen LogP contribution in [0.15, 0.2) is 67.0 Å². The molecule has 0 saturated heterocycles. The summed E-state index contributed by atoms with van der Waals surface area (Å²) < 4.78 is 0. The van der Waals surface area contributed by atoms with E-state index in [1.54, 1.807) is 6.20 Å². The molecule has 6 nitrogen and oxygen atoms in total. The number of fused-ring (bicyclic) bond motifs is 2. The Morgan fingerprint density at radius 3 is 2.71 bits per heavy atom. The van der Waals surface area contributed by atoms with Crippen LogP contribution in [-0.4, -0.2) is 26.1 Å². The predicted octanol–water partition coefficient (Wildman–Crippen LogP) is 5.76. The number of hydrogen-bond donors (Lipinski definition) is 3. The highest BCUT2D eigenvalue weighted by molar-refractivity contribution is 5.98. The number of carbonyl (C=O) groups is 1. The summed E-state index contributed by atoms with van der Waals surface area (Å²) in [5.41, 5.74) is 6.54. The van der Waals surface area contributed by atoms with E-state index >= 15 is 0 Å². The molecule has 2 aromatic carbocycles. The number of pyridine rings is 1. The maximum absolute atomic E-state index is 12.1. The number of H-pyrrole nitrogens is 2. The summed E-state index contributed by atoms with van der Waals surface area (Å²) in [5, 5.41) is 12.8. The monoisotopic (exact) mass is 409 g/mol. The highest BCUT2D eigenvalue weighted by Crippen LogP contribution is 2.32. The van der Waals surface area contributed by atoms with Crippen molar-refractivity contribution < 1.29 is 4.79 Å². The van der Waals surface area contributed by atoms with Crippen molar-refractivity contribution >= 4 is 33.4 Å². The van der Waals surface area contributed by atoms with E-state index in [9.17, 15) is 4.79 Å². The lowest BCUT2D eigenvalue weighted by Gasteiger charge is -2.09. The van der Waals surface area contributed by atoms with E-state index in [2.05, 4.69) is 49.7 Å². The summed E-state index contributed by atoms with van der Waals surface area (Å²) in [6.07, 6.45) is 3.97. The number of hydrogen-bond acceptors (Lipinski definition) is 3. The first-order valence-electron chi connectivity index (χ1n) is 10.4. The Balaban J connectivity index is 1.51. The van der Waals surface area contributed by atoms with Gasteiger partial charge in [-0.2, -0.15) is 5.10 Å². The van der Waals surface area contributed by atoms with Crippen LogP contribution in [0.3, 0.4) is 0 Å². The van der Waals surface area contributed by atoms with Crippen LogP contribution in [0.1, 0.15) is 20.3 Å². The Kier molecular flexibility index (Phi) is 4.75. The second-order valence-corrected chi connectivity index (χ2v) is 8.21. The zero-order chi connectivity index (χ0) is 21.4. The fourth-order valence-electron chi connectivity index (χ4n) is 3.85. The van der Waals surface area contributed by atoms with Gasteiger partial charge in [-0.25, -0.2) is 0 Å². The molecule has 0 aliphatic rings. The molecular weight excluding hydrogens is 386 g/mol. The molecule has 0 spiro atoms. The smallest absolute Gasteiger partial charge is 0.224 e. The minimum atomic E-state index is 0.000309. The number of nitrogens with zero attached hydrogens (tertiary/aromatic N) is 2. The maximum Gasteiger partial charge on any atom is 0.224 e. The molecule has 0 fully saturated rings. The van der Waals surface area contributed by atoms with Gasteiger partial charge in [0.05, 0.1) is 23.1 Å². The van der Waals surface area contributed by atoms with E-state index in [4.69, 9.17) is 0 Å². The number of benzene rings is 2. The van der Waals surface area contributed by atoms with Crippen molar-refractivity contribution in [1.29, 1.82) is 0 Å². The molecule has 5 aromatic rings. The molecule has 0 aliphatic carbocycles. The molecular formula is C25H23N5O. The zero-order valence-electron chi connectivity index (χ0n) is 17.4. The van der Waals surface area contributed by atoms with E-state index < -0.39 is 0 Å². The molecule has 0 saturated carbocycles. The van der Waals surface area contributed by atoms with E-state index in [1.807, 2.05) is 50.4 Å². The molecule has 5 rings (SSSR count). The molecule has 31 heavy (non-hydrogen) atoms. The molecule has 154 valence electrons. The first-order chi connectivity index (χ1) is 15.1. The molecule has 3 aromatic heterocycles. The summed E-state index contributed by atoms with van der Waals surface area (Å²) >= 11 is 0. The maximum atomic E-state index is 12.1. The predicted molar refractivity (Wildman–Crippen MR) is 125 cm³/mol. The first-order valence-corrected chi connectivity index (χ1v) is 10.4. The summed E-state index contributed by atoms with van der Waals surface area (Å²) in [6, 6.07) is 18.4. The third-order valence-corrected chi connectivity index (χ3v) is 5.30. The molecule has 0 unspecified atom stereocenters. The zero-order valence-corrected chi connectivity index (χ0v) is 17.4. The number of carbonyl (C=O) groups excluding carboxylic acids is 1. The van der Waals surface area contributed by atoms with Crippen molar-refractivity contribution in [2.45, 2.75) is 20.3 Å². The molecule has 0 bridgehead atoms. The standard InChI is InChI=1S/C25H23N5O/c1-15(2)9-24(31)27-19-10-18(13-26-14-19)16-7-8-22-20(11-16)25(30-29-22)23-12-17-5-3-4-6-21(17)28-23/h3-8,10-15,28H,9H2,1-2H3,(H,27,31)(H,29,30). The van der Waals surface area contributed by atoms with Crippen LogP contribution in [0.4, 0.5) is 5.69 Å². The minimum Gasteiger partial charge on any atom is -0.353 e. The highest BCUT2D eigenvalue weighted by Gasteiger charge is 2.13. The van der Waals surface area contributed by atoms with Gasteiger partial charge in [0.15, 0.2) is 0 Å². The summed E-state index contributed by atoms with van der Waals surface area (Å²) in [5.74, 6) is 0.308. The van der Waals surface area contributed by atoms with Crippen LogP contribution < -0.4 is 5.32 Å². The van der Waals surface area contributed by atoms with Gasteiger partial charge in [0.1, 0.15) is 5.69 Å². The summed E-state index contributed by atoms with van der Waals surface area (Å²) in [6.45, 7) is 4.05. The van der Waals surface area contributed by atoms with Gasteiger partial charge in [-0.05, 0) is 41.8 Å². The molecule has 1 amide bonds. The van der Waals surface area contributed by atoms with Crippen molar-refractivity contribution in [3.8, 4) is 22.5 Å². The van der Waals surface area contributed by atoms with Crippen molar-refractivity contribution in [2.75, 3.05) is 5.32 Å². The van der Waals surface area contributed by atoms with E-state index in [0.717, 1.165) is 44.3 Å². The number of aromatic nitrogens is 4. The Morgan fingerprint density at radius 1 is 1.00 bits per heavy atom. The quantitative estimate of drug-likeness (QED) is 0.345. The average Bonchev–Trinajstić information content (AvgIpc) is 3.36. The van der Waals surface area contributed by atoms with Crippen LogP contribution in [0, 0.1) is 5.92 Å². The SMILES string of the molecule is CC(C)CC(=O)Nc1cncc(-c2ccc3[nH]nc(-c4cc5ccccc5[nH]4)c3c2)c1. The fraction of sp³-hybridized carbons (Fsp3) is 0.160. The summed E-state index contributed by atoms with van der Waals surface area (Å²) in [4.78, 5) is 19.9. The van der Waals surface area contributed by atoms with Gasteiger partial charge >= 0.3 is 0 Å². The minimum absolute atomic E-state index is 0.000309. The van der Waals surface area contributed by atoms with Crippen molar-refractivity contribution in [3.05, 3.63) is 67.0 Å². The Morgan fingerprint density at radius 2 is 1.87 bits per heavy atom. The number of nitrogens with one attached hydrogen (secondary N) is 3. The highest BCUT2D eigenvalue weighted by atomic mass is 16.1. The average molecular weight is 409 g/mol. The summed E-state index contributed by atoms with van der Waals surface area (Å²) in [7, 11) is 0. The molecule has 3 heterocycles. The van der Waals surface area contributed by atoms with Gasteiger partial charge in [-0.15, -0.1) is 0 Å². The second kappa shape index (κ2) is 7.72. The molecule has 0 atom stereocenters. The number of anilines is 1. The van der Waals surface area contributed by atoms with Crippen LogP contribution in [0.5, 0.6) is 0 Å². The molecule has 0 aliphatic heterocycles. The van der Waals surface area contributed by atoms with Gasteiger partial charge in [-0.3, -0.25) is 14.9 Å². The van der Waals surface area contributed by atoms with Crippen molar-refractivity contribution in [3.63, 3.8) is 0 Å². The van der Waals surface area contributed by atoms with Gasteiger partial charge in [0.25, 0.3) is 0 Å². The second-order valence-electron chi connectivity index (χ2n) is 8.21. The first kappa shape index (κ1) is 19.1. The van der Waals surface area contributed by atoms with Gasteiger partial charge in [0, 0.05) is 34.5 Å². The normalized spacial score (nSPS) is 11.5. The Labute approximate surface area is 179 Å². The van der Waals surface area contributed by atoms with Crippen molar-refractivity contribution in [2.24, 2.45) is 5.92 Å². The Bertz CT molecular complexity index is 1360. The Hall–Kier alpha value is -3.93. The molecule has 6 heteroatoms. The van der Waals surface area contributed by atoms with E-state index in [0.29, 0.717) is 18.0 Å². The molecule has 0 radical (unpaired) electrons. The number of amides is 1. The van der Waals surface area contributed by atoms with Gasteiger partial charge < -0.3 is 10.3 Å². The van der Waals surface area contributed by atoms with E-state index in [1.165, 1.54) is 0 Å². The topological polar surface area (TPSA) is 86.5 Å². The van der Waals surface area contributed by atoms with Crippen LogP contribution in [0.2, 0.25) is 0 Å². The number of rotatable bonds is 5. The lowest BCUT2D eigenvalue weighted by molar-refractivity contribution is -0.116.